The van der Waals surface area contributed by atoms with E-state index in [1.54, 1.807) is 0 Å². The van der Waals surface area contributed by atoms with Crippen LogP contribution >= 0.6 is 11.6 Å². The van der Waals surface area contributed by atoms with Crippen molar-refractivity contribution in [3.05, 3.63) is 12.7 Å². The first-order valence-corrected chi connectivity index (χ1v) is 4.85. The molecule has 0 heterocycles. The summed E-state index contributed by atoms with van der Waals surface area (Å²) in [6.07, 6.45) is 1.07. The molecular weight excluding hydrogens is 208 g/mol. The van der Waals surface area contributed by atoms with Crippen molar-refractivity contribution in [3.63, 3.8) is 0 Å². The van der Waals surface area contributed by atoms with Crippen LogP contribution in [0.5, 0.6) is 0 Å². The summed E-state index contributed by atoms with van der Waals surface area (Å²) < 4.78 is 9.75. The van der Waals surface area contributed by atoms with Crippen molar-refractivity contribution >= 4 is 17.6 Å². The summed E-state index contributed by atoms with van der Waals surface area (Å²) in [5.74, 6) is -0.281. The summed E-state index contributed by atoms with van der Waals surface area (Å²) >= 11 is 5.34. The van der Waals surface area contributed by atoms with Crippen LogP contribution in [0.2, 0.25) is 0 Å². The van der Waals surface area contributed by atoms with Gasteiger partial charge in [0.05, 0.1) is 25.2 Å². The lowest BCUT2D eigenvalue weighted by atomic mass is 10.4. The molecule has 1 unspecified atom stereocenters. The smallest absolute Gasteiger partial charge is 0.330 e. The predicted molar refractivity (Wildman–Crippen MR) is 53.3 cm³/mol. The maximum atomic E-state index is 10.6. The van der Waals surface area contributed by atoms with E-state index in [2.05, 4.69) is 6.58 Å². The number of carbonyl (C=O) groups is 1. The molecule has 5 heteroatoms. The van der Waals surface area contributed by atoms with E-state index in [-0.39, 0.29) is 12.5 Å². The molecule has 0 fully saturated rings. The summed E-state index contributed by atoms with van der Waals surface area (Å²) in [6.45, 7) is 4.19. The number of esters is 1. The number of hydrogen-bond acceptors (Lipinski definition) is 4. The van der Waals surface area contributed by atoms with Gasteiger partial charge in [0.1, 0.15) is 0 Å². The van der Waals surface area contributed by atoms with E-state index in [9.17, 15) is 4.79 Å². The minimum Gasteiger partial charge on any atom is -0.462 e. The third-order valence-electron chi connectivity index (χ3n) is 1.33. The number of halogens is 1. The number of carbonyl (C=O) groups excluding carboxylic acids is 1. The number of rotatable bonds is 8. The minimum absolute atomic E-state index is 0.158. The molecule has 1 N–H and O–H groups in total. The molecule has 0 saturated heterocycles. The van der Waals surface area contributed by atoms with Gasteiger partial charge in [0.2, 0.25) is 0 Å². The summed E-state index contributed by atoms with van der Waals surface area (Å²) in [5.41, 5.74) is 0. The number of hydrogen-bond donors (Lipinski definition) is 1. The van der Waals surface area contributed by atoms with Crippen molar-refractivity contribution in [2.45, 2.75) is 12.5 Å². The molecule has 1 atom stereocenters. The fourth-order valence-electron chi connectivity index (χ4n) is 0.657. The Morgan fingerprint density at radius 1 is 1.57 bits per heavy atom. The highest BCUT2D eigenvalue weighted by Crippen LogP contribution is 1.91. The van der Waals surface area contributed by atoms with Gasteiger partial charge in [0.15, 0.2) is 0 Å². The van der Waals surface area contributed by atoms with Gasteiger partial charge in [-0.3, -0.25) is 0 Å². The molecule has 0 aliphatic rings. The van der Waals surface area contributed by atoms with Crippen LogP contribution in [0.4, 0.5) is 0 Å². The lowest BCUT2D eigenvalue weighted by Gasteiger charge is -2.07. The Morgan fingerprint density at radius 3 is 2.86 bits per heavy atom. The van der Waals surface area contributed by atoms with E-state index in [4.69, 9.17) is 26.2 Å². The molecule has 0 aromatic rings. The molecule has 0 rings (SSSR count). The average Bonchev–Trinajstić information content (AvgIpc) is 2.22. The highest BCUT2D eigenvalue weighted by atomic mass is 35.5. The first-order valence-electron chi connectivity index (χ1n) is 4.31. The lowest BCUT2D eigenvalue weighted by molar-refractivity contribution is -0.138. The van der Waals surface area contributed by atoms with Gasteiger partial charge in [0.25, 0.3) is 0 Å². The van der Waals surface area contributed by atoms with E-state index >= 15 is 0 Å². The third-order valence-corrected chi connectivity index (χ3v) is 1.69. The van der Waals surface area contributed by atoms with Crippen molar-refractivity contribution in [3.8, 4) is 0 Å². The van der Waals surface area contributed by atoms with Crippen LogP contribution in [-0.2, 0) is 14.3 Å². The largest absolute Gasteiger partial charge is 0.462 e. The number of alkyl halides is 1. The Hall–Kier alpha value is -0.580. The van der Waals surface area contributed by atoms with Crippen LogP contribution < -0.4 is 0 Å². The lowest BCUT2D eigenvalue weighted by Crippen LogP contribution is -2.17. The van der Waals surface area contributed by atoms with Crippen molar-refractivity contribution in [2.24, 2.45) is 0 Å². The van der Waals surface area contributed by atoms with Crippen molar-refractivity contribution < 1.29 is 19.4 Å². The van der Waals surface area contributed by atoms with Gasteiger partial charge in [-0.25, -0.2) is 4.79 Å². The summed E-state index contributed by atoms with van der Waals surface area (Å²) in [4.78, 5) is 10.6. The standard InChI is InChI=1S/C9H15ClO4/c1-2-9(12)14-5-3-4-13-7-8(11)6-10/h2,8,11H,1,3-7H2. The second-order valence-electron chi connectivity index (χ2n) is 2.61. The van der Waals surface area contributed by atoms with Gasteiger partial charge in [-0.2, -0.15) is 0 Å². The number of ether oxygens (including phenoxy) is 2. The van der Waals surface area contributed by atoms with Gasteiger partial charge in [-0.05, 0) is 0 Å². The summed E-state index contributed by atoms with van der Waals surface area (Å²) in [5, 5.41) is 8.99. The number of aliphatic hydroxyl groups excluding tert-OH is 1. The van der Waals surface area contributed by atoms with Crippen LogP contribution in [0.1, 0.15) is 6.42 Å². The molecule has 0 aliphatic carbocycles. The fraction of sp³-hybridized carbons (Fsp3) is 0.667. The van der Waals surface area contributed by atoms with Gasteiger partial charge < -0.3 is 14.6 Å². The molecule has 0 aliphatic heterocycles. The highest BCUT2D eigenvalue weighted by Gasteiger charge is 2.01. The Kier molecular flexibility index (Phi) is 8.62. The normalized spacial score (nSPS) is 12.1. The highest BCUT2D eigenvalue weighted by molar-refractivity contribution is 6.18. The van der Waals surface area contributed by atoms with Crippen molar-refractivity contribution in [1.82, 2.24) is 0 Å². The molecule has 14 heavy (non-hydrogen) atoms. The van der Waals surface area contributed by atoms with Gasteiger partial charge in [0, 0.05) is 19.1 Å². The fourth-order valence-corrected chi connectivity index (χ4v) is 0.746. The first-order chi connectivity index (χ1) is 6.70. The molecule has 0 aromatic heterocycles. The molecule has 82 valence electrons. The zero-order valence-electron chi connectivity index (χ0n) is 7.95. The van der Waals surface area contributed by atoms with E-state index in [0.29, 0.717) is 19.6 Å². The Bertz CT molecular complexity index is 172. The maximum Gasteiger partial charge on any atom is 0.330 e. The molecule has 0 amide bonds. The van der Waals surface area contributed by atoms with E-state index in [1.165, 1.54) is 0 Å². The molecule has 0 spiro atoms. The van der Waals surface area contributed by atoms with E-state index in [1.807, 2.05) is 0 Å². The molecular formula is C9H15ClO4. The predicted octanol–water partition coefficient (Wildman–Crippen LogP) is 0.722. The topological polar surface area (TPSA) is 55.8 Å². The van der Waals surface area contributed by atoms with Crippen LogP contribution in [0.15, 0.2) is 12.7 Å². The average molecular weight is 223 g/mol. The summed E-state index contributed by atoms with van der Waals surface area (Å²) in [6, 6.07) is 0. The molecule has 4 nitrogen and oxygen atoms in total. The minimum atomic E-state index is -0.632. The van der Waals surface area contributed by atoms with Crippen molar-refractivity contribution in [2.75, 3.05) is 25.7 Å². The molecule has 0 radical (unpaired) electrons. The molecule has 0 saturated carbocycles. The first kappa shape index (κ1) is 13.4. The second-order valence-corrected chi connectivity index (χ2v) is 2.92. The Balaban J connectivity index is 3.14. The third kappa shape index (κ3) is 8.04. The van der Waals surface area contributed by atoms with Crippen molar-refractivity contribution in [1.29, 1.82) is 0 Å². The van der Waals surface area contributed by atoms with Crippen LogP contribution in [0.3, 0.4) is 0 Å². The van der Waals surface area contributed by atoms with Crippen LogP contribution in [0.25, 0.3) is 0 Å². The maximum absolute atomic E-state index is 10.6. The Morgan fingerprint density at radius 2 is 2.29 bits per heavy atom. The SMILES string of the molecule is C=CC(=O)OCCCOCC(O)CCl. The van der Waals surface area contributed by atoms with Gasteiger partial charge >= 0.3 is 5.97 Å². The molecule has 0 aromatic carbocycles. The Labute approximate surface area is 88.5 Å². The second kappa shape index (κ2) is 8.99. The van der Waals surface area contributed by atoms with Crippen LogP contribution in [-0.4, -0.2) is 42.9 Å². The molecule has 0 bridgehead atoms. The van der Waals surface area contributed by atoms with E-state index < -0.39 is 12.1 Å². The van der Waals surface area contributed by atoms with Gasteiger partial charge in [-0.1, -0.05) is 6.58 Å². The summed E-state index contributed by atoms with van der Waals surface area (Å²) in [7, 11) is 0. The van der Waals surface area contributed by atoms with Gasteiger partial charge in [-0.15, -0.1) is 11.6 Å². The van der Waals surface area contributed by atoms with Crippen LogP contribution in [0, 0.1) is 0 Å². The quantitative estimate of drug-likeness (QED) is 0.285. The monoisotopic (exact) mass is 222 g/mol. The zero-order valence-corrected chi connectivity index (χ0v) is 8.70. The number of aliphatic hydroxyl groups is 1. The van der Waals surface area contributed by atoms with E-state index in [0.717, 1.165) is 6.08 Å². The zero-order chi connectivity index (χ0) is 10.8.